The Morgan fingerprint density at radius 3 is 2.45 bits per heavy atom. The number of halogens is 4. The number of aliphatic hydroxyl groups excluding tert-OH is 1. The molecule has 0 heterocycles. The molecule has 0 bridgehead atoms. The van der Waals surface area contributed by atoms with Gasteiger partial charge in [-0.25, -0.2) is 0 Å². The smallest absolute Gasteiger partial charge is 0.392 e. The fourth-order valence-electron chi connectivity index (χ4n) is 1.99. The summed E-state index contributed by atoms with van der Waals surface area (Å²) in [6.07, 6.45) is -4.54. The van der Waals surface area contributed by atoms with Gasteiger partial charge >= 0.3 is 6.18 Å². The fourth-order valence-corrected chi connectivity index (χ4v) is 2.50. The molecule has 2 aromatic rings. The van der Waals surface area contributed by atoms with E-state index < -0.39 is 11.7 Å². The van der Waals surface area contributed by atoms with Crippen LogP contribution in [0.3, 0.4) is 0 Å². The van der Waals surface area contributed by atoms with Crippen LogP contribution >= 0.6 is 15.9 Å². The summed E-state index contributed by atoms with van der Waals surface area (Å²) in [5, 5.41) is 9.07. The molecule has 22 heavy (non-hydrogen) atoms. The fraction of sp³-hybridized carbons (Fsp3) is 0.188. The topological polar surface area (TPSA) is 37.3 Å². The van der Waals surface area contributed by atoms with Crippen molar-refractivity contribution in [2.24, 2.45) is 0 Å². The van der Waals surface area contributed by atoms with Crippen LogP contribution in [0.1, 0.15) is 27.0 Å². The molecule has 2 nitrogen and oxygen atoms in total. The van der Waals surface area contributed by atoms with Gasteiger partial charge in [0, 0.05) is 16.5 Å². The molecule has 0 aliphatic rings. The van der Waals surface area contributed by atoms with Crippen LogP contribution in [0.25, 0.3) is 0 Å². The van der Waals surface area contributed by atoms with Crippen molar-refractivity contribution in [1.82, 2.24) is 0 Å². The molecule has 0 aliphatic carbocycles. The Hall–Kier alpha value is -1.66. The maximum atomic E-state index is 12.6. The van der Waals surface area contributed by atoms with Crippen molar-refractivity contribution in [2.75, 3.05) is 0 Å². The predicted molar refractivity (Wildman–Crippen MR) is 79.5 cm³/mol. The molecule has 1 N–H and O–H groups in total. The van der Waals surface area contributed by atoms with Crippen LogP contribution in [0.5, 0.6) is 0 Å². The van der Waals surface area contributed by atoms with Crippen LogP contribution in [0.2, 0.25) is 0 Å². The molecule has 0 atom stereocenters. The normalized spacial score (nSPS) is 11.5. The number of hydrogen-bond acceptors (Lipinski definition) is 2. The molecule has 0 saturated carbocycles. The molecule has 2 rings (SSSR count). The number of benzene rings is 2. The van der Waals surface area contributed by atoms with Gasteiger partial charge in [-0.3, -0.25) is 4.79 Å². The third-order valence-electron chi connectivity index (χ3n) is 3.16. The number of carbonyl (C=O) groups is 1. The van der Waals surface area contributed by atoms with E-state index >= 15 is 0 Å². The molecule has 0 amide bonds. The lowest BCUT2D eigenvalue weighted by molar-refractivity contribution is -0.137. The third-order valence-corrected chi connectivity index (χ3v) is 3.90. The summed E-state index contributed by atoms with van der Waals surface area (Å²) in [5.41, 5.74) is 0.550. The zero-order valence-corrected chi connectivity index (χ0v) is 12.9. The Morgan fingerprint density at radius 1 is 1.14 bits per heavy atom. The van der Waals surface area contributed by atoms with Crippen LogP contribution in [-0.4, -0.2) is 10.9 Å². The van der Waals surface area contributed by atoms with Crippen LogP contribution in [0.4, 0.5) is 13.2 Å². The lowest BCUT2D eigenvalue weighted by Crippen LogP contribution is -2.08. The van der Waals surface area contributed by atoms with Gasteiger partial charge < -0.3 is 5.11 Å². The molecule has 0 aliphatic heterocycles. The average Bonchev–Trinajstić information content (AvgIpc) is 2.46. The number of hydrogen-bond donors (Lipinski definition) is 1. The molecule has 0 aromatic heterocycles. The molecule has 0 radical (unpaired) electrons. The number of alkyl halides is 3. The minimum absolute atomic E-state index is 0.116. The van der Waals surface area contributed by atoms with Gasteiger partial charge in [-0.05, 0) is 23.3 Å². The predicted octanol–water partition coefficient (Wildman–Crippen LogP) is 4.39. The highest BCUT2D eigenvalue weighted by Crippen LogP contribution is 2.30. The first kappa shape index (κ1) is 16.7. The Bertz CT molecular complexity index is 696. The maximum Gasteiger partial charge on any atom is 0.416 e. The van der Waals surface area contributed by atoms with Crippen molar-refractivity contribution < 1.29 is 23.1 Å². The van der Waals surface area contributed by atoms with Crippen LogP contribution < -0.4 is 0 Å². The number of ketones is 1. The van der Waals surface area contributed by atoms with Crippen molar-refractivity contribution in [3.63, 3.8) is 0 Å². The van der Waals surface area contributed by atoms with Gasteiger partial charge in [0.1, 0.15) is 0 Å². The van der Waals surface area contributed by atoms with Crippen LogP contribution in [0, 0.1) is 0 Å². The van der Waals surface area contributed by atoms with E-state index in [9.17, 15) is 18.0 Å². The summed E-state index contributed by atoms with van der Waals surface area (Å²) in [5.74, 6) is -0.287. The van der Waals surface area contributed by atoms with E-state index in [1.54, 1.807) is 18.2 Å². The van der Waals surface area contributed by atoms with Gasteiger partial charge in [0.25, 0.3) is 0 Å². The highest BCUT2D eigenvalue weighted by atomic mass is 79.9. The highest BCUT2D eigenvalue weighted by Gasteiger charge is 2.30. The molecule has 2 aromatic carbocycles. The molecule has 6 heteroatoms. The summed E-state index contributed by atoms with van der Waals surface area (Å²) >= 11 is 3.24. The highest BCUT2D eigenvalue weighted by molar-refractivity contribution is 9.10. The Kier molecular flexibility index (Phi) is 5.03. The number of Topliss-reactive ketones (excluding diaryl/α,β-unsaturated/α-hetero) is 1. The van der Waals surface area contributed by atoms with Gasteiger partial charge in [0.2, 0.25) is 0 Å². The molecule has 0 unspecified atom stereocenters. The van der Waals surface area contributed by atoms with Gasteiger partial charge in [-0.2, -0.15) is 13.2 Å². The molecule has 0 spiro atoms. The first-order valence-corrected chi connectivity index (χ1v) is 7.19. The van der Waals surface area contributed by atoms with Gasteiger partial charge in [0.15, 0.2) is 5.78 Å². The maximum absolute atomic E-state index is 12.6. The molecular formula is C16H12BrF3O2. The second kappa shape index (κ2) is 6.62. The standard InChI is InChI=1S/C16H12BrF3O2/c17-14-8-11(4-5-12(14)9-21)15(22)7-10-2-1-3-13(6-10)16(18,19)20/h1-6,8,21H,7,9H2. The lowest BCUT2D eigenvalue weighted by Gasteiger charge is -2.09. The largest absolute Gasteiger partial charge is 0.416 e. The van der Waals surface area contributed by atoms with Crippen molar-refractivity contribution in [3.05, 3.63) is 69.2 Å². The zero-order valence-electron chi connectivity index (χ0n) is 11.3. The first-order chi connectivity index (χ1) is 10.3. The van der Waals surface area contributed by atoms with E-state index in [2.05, 4.69) is 15.9 Å². The van der Waals surface area contributed by atoms with E-state index in [-0.39, 0.29) is 18.8 Å². The monoisotopic (exact) mass is 372 g/mol. The van der Waals surface area contributed by atoms with Crippen LogP contribution in [0.15, 0.2) is 46.9 Å². The van der Waals surface area contributed by atoms with E-state index in [4.69, 9.17) is 5.11 Å². The van der Waals surface area contributed by atoms with Gasteiger partial charge in [0.05, 0.1) is 12.2 Å². The number of rotatable bonds is 4. The minimum atomic E-state index is -4.43. The minimum Gasteiger partial charge on any atom is -0.392 e. The second-order valence-electron chi connectivity index (χ2n) is 4.76. The Morgan fingerprint density at radius 2 is 1.86 bits per heavy atom. The van der Waals surface area contributed by atoms with Gasteiger partial charge in [-0.1, -0.05) is 46.3 Å². The summed E-state index contributed by atoms with van der Waals surface area (Å²) in [6, 6.07) is 9.44. The van der Waals surface area contributed by atoms with E-state index in [1.807, 2.05) is 0 Å². The second-order valence-corrected chi connectivity index (χ2v) is 5.62. The number of carbonyl (C=O) groups excluding carboxylic acids is 1. The van der Waals surface area contributed by atoms with Crippen molar-refractivity contribution in [2.45, 2.75) is 19.2 Å². The average molecular weight is 373 g/mol. The SMILES string of the molecule is O=C(Cc1cccc(C(F)(F)F)c1)c1ccc(CO)c(Br)c1. The summed E-state index contributed by atoms with van der Waals surface area (Å²) in [7, 11) is 0. The first-order valence-electron chi connectivity index (χ1n) is 6.40. The Balaban J connectivity index is 2.20. The Labute approximate surface area is 133 Å². The van der Waals surface area contributed by atoms with Crippen molar-refractivity contribution in [1.29, 1.82) is 0 Å². The molecule has 0 saturated heterocycles. The summed E-state index contributed by atoms with van der Waals surface area (Å²) < 4.78 is 38.5. The van der Waals surface area contributed by atoms with Crippen molar-refractivity contribution >= 4 is 21.7 Å². The molecule has 116 valence electrons. The van der Waals surface area contributed by atoms with E-state index in [0.717, 1.165) is 12.1 Å². The zero-order chi connectivity index (χ0) is 16.3. The molecular weight excluding hydrogens is 361 g/mol. The number of aliphatic hydroxyl groups is 1. The third kappa shape index (κ3) is 3.96. The van der Waals surface area contributed by atoms with E-state index in [1.165, 1.54) is 12.1 Å². The van der Waals surface area contributed by atoms with Crippen LogP contribution in [-0.2, 0) is 19.2 Å². The lowest BCUT2D eigenvalue weighted by atomic mass is 10.0. The van der Waals surface area contributed by atoms with E-state index in [0.29, 0.717) is 21.2 Å². The quantitative estimate of drug-likeness (QED) is 0.808. The molecule has 0 fully saturated rings. The summed E-state index contributed by atoms with van der Waals surface area (Å²) in [6.45, 7) is -0.164. The summed E-state index contributed by atoms with van der Waals surface area (Å²) in [4.78, 5) is 12.2. The van der Waals surface area contributed by atoms with Gasteiger partial charge in [-0.15, -0.1) is 0 Å². The van der Waals surface area contributed by atoms with Crippen molar-refractivity contribution in [3.8, 4) is 0 Å².